The van der Waals surface area contributed by atoms with Crippen LogP contribution < -0.4 is 16.1 Å². The van der Waals surface area contributed by atoms with Crippen molar-refractivity contribution in [3.8, 4) is 11.5 Å². The van der Waals surface area contributed by atoms with Crippen molar-refractivity contribution >= 4 is 16.7 Å². The molecule has 0 atom stereocenters. The zero-order valence-electron chi connectivity index (χ0n) is 14.5. The summed E-state index contributed by atoms with van der Waals surface area (Å²) in [6.45, 7) is 6.81. The molecule has 0 aromatic heterocycles. The Kier molecular flexibility index (Phi) is 3.87. The number of hydrogen-bond acceptors (Lipinski definition) is 5. The number of aromatic nitrogens is 4. The van der Waals surface area contributed by atoms with Gasteiger partial charge in [0, 0.05) is 26.3 Å². The Labute approximate surface area is 139 Å². The van der Waals surface area contributed by atoms with Crippen molar-refractivity contribution < 1.29 is 0 Å². The van der Waals surface area contributed by atoms with Crippen LogP contribution >= 0.6 is 0 Å². The van der Waals surface area contributed by atoms with Gasteiger partial charge in [0.1, 0.15) is 0 Å². The van der Waals surface area contributed by atoms with Crippen molar-refractivity contribution in [2.75, 3.05) is 19.0 Å². The van der Waals surface area contributed by atoms with Crippen molar-refractivity contribution in [1.29, 1.82) is 0 Å². The first-order valence-electron chi connectivity index (χ1n) is 7.90. The van der Waals surface area contributed by atoms with Crippen LogP contribution in [0.5, 0.6) is 0 Å². The molecule has 0 aliphatic carbocycles. The lowest BCUT2D eigenvalue weighted by Crippen LogP contribution is -2.29. The van der Waals surface area contributed by atoms with Gasteiger partial charge in [-0.25, -0.2) is 9.78 Å². The minimum atomic E-state index is -0.647. The van der Waals surface area contributed by atoms with E-state index in [1.807, 2.05) is 42.6 Å². The van der Waals surface area contributed by atoms with E-state index in [0.717, 1.165) is 22.3 Å². The molecule has 0 amide bonds. The molecule has 0 saturated carbocycles. The first kappa shape index (κ1) is 16.2. The number of fused-ring (bicyclic) bond motifs is 2. The van der Waals surface area contributed by atoms with Gasteiger partial charge in [-0.3, -0.25) is 9.78 Å². The number of benzene rings is 1. The Morgan fingerprint density at radius 1 is 1.21 bits per heavy atom. The molecule has 2 heterocycles. The molecule has 7 heteroatoms. The molecule has 3 rings (SSSR count). The molecule has 0 bridgehead atoms. The summed E-state index contributed by atoms with van der Waals surface area (Å²) in [7, 11) is 3.96. The molecule has 0 fully saturated rings. The van der Waals surface area contributed by atoms with E-state index in [-0.39, 0.29) is 5.69 Å². The number of nitrogens with zero attached hydrogens (tertiary/aromatic N) is 4. The average molecular weight is 327 g/mol. The van der Waals surface area contributed by atoms with E-state index < -0.39 is 11.2 Å². The predicted octanol–water partition coefficient (Wildman–Crippen LogP) is 1.62. The van der Waals surface area contributed by atoms with Gasteiger partial charge in [-0.15, -0.1) is 0 Å². The zero-order valence-corrected chi connectivity index (χ0v) is 14.5. The summed E-state index contributed by atoms with van der Waals surface area (Å²) in [5.41, 5.74) is 2.76. The molecular weight excluding hydrogens is 306 g/mol. The summed E-state index contributed by atoms with van der Waals surface area (Å²) in [5, 5.41) is 0. The van der Waals surface area contributed by atoms with E-state index in [0.29, 0.717) is 18.3 Å². The lowest BCUT2D eigenvalue weighted by Gasteiger charge is -2.21. The second-order valence-corrected chi connectivity index (χ2v) is 6.68. The number of H-pyrrole nitrogens is 1. The van der Waals surface area contributed by atoms with Gasteiger partial charge in [0.25, 0.3) is 5.56 Å². The van der Waals surface area contributed by atoms with E-state index in [9.17, 15) is 9.59 Å². The van der Waals surface area contributed by atoms with Crippen LogP contribution in [0, 0.1) is 12.8 Å². The molecule has 1 aromatic rings. The zero-order chi connectivity index (χ0) is 17.6. The second kappa shape index (κ2) is 5.74. The molecule has 1 aromatic carbocycles. The molecule has 2 aliphatic heterocycles. The maximum Gasteiger partial charge on any atom is 0.349 e. The fourth-order valence-corrected chi connectivity index (χ4v) is 2.97. The highest BCUT2D eigenvalue weighted by Crippen LogP contribution is 2.28. The molecule has 0 unspecified atom stereocenters. The standard InChI is InChI=1S/C17H21N5O2/c1-9(2)8-22-13-7-12(21(4)5)10(3)6-11(13)18-14-15(22)19-17(24)20-16(14)23/h6-7,9H,8H2,1-5H3,(H,20,23,24). The van der Waals surface area contributed by atoms with Gasteiger partial charge >= 0.3 is 5.69 Å². The maximum absolute atomic E-state index is 12.2. The van der Waals surface area contributed by atoms with Gasteiger partial charge in [-0.05, 0) is 30.5 Å². The van der Waals surface area contributed by atoms with Crippen molar-refractivity contribution in [3.63, 3.8) is 0 Å². The van der Waals surface area contributed by atoms with E-state index >= 15 is 0 Å². The molecule has 24 heavy (non-hydrogen) atoms. The van der Waals surface area contributed by atoms with E-state index in [4.69, 9.17) is 0 Å². The van der Waals surface area contributed by atoms with Gasteiger partial charge in [-0.2, -0.15) is 4.98 Å². The van der Waals surface area contributed by atoms with Crippen LogP contribution in [-0.4, -0.2) is 33.6 Å². The normalized spacial score (nSPS) is 11.6. The van der Waals surface area contributed by atoms with Crippen LogP contribution in [0.3, 0.4) is 0 Å². The Bertz CT molecular complexity index is 1000. The number of aryl methyl sites for hydroxylation is 1. The molecule has 7 nitrogen and oxygen atoms in total. The minimum Gasteiger partial charge on any atom is -0.377 e. The Balaban J connectivity index is 2.50. The highest BCUT2D eigenvalue weighted by molar-refractivity contribution is 5.84. The number of nitrogens with one attached hydrogen (secondary N) is 1. The lowest BCUT2D eigenvalue weighted by molar-refractivity contribution is 0.530. The molecular formula is C17H21N5O2. The molecule has 0 spiro atoms. The SMILES string of the molecule is Cc1cc2nc3c(=O)[nH]c(=O)nc-3n(CC(C)C)c2cc1N(C)C. The third-order valence-electron chi connectivity index (χ3n) is 3.96. The fraction of sp³-hybridized carbons (Fsp3) is 0.412. The number of aromatic amines is 1. The first-order chi connectivity index (χ1) is 11.3. The summed E-state index contributed by atoms with van der Waals surface area (Å²) in [5.74, 6) is 0.655. The van der Waals surface area contributed by atoms with E-state index in [1.165, 1.54) is 0 Å². The van der Waals surface area contributed by atoms with Crippen LogP contribution in [0.2, 0.25) is 0 Å². The Hall–Kier alpha value is -2.70. The first-order valence-corrected chi connectivity index (χ1v) is 7.90. The topological polar surface area (TPSA) is 83.9 Å². The molecule has 2 aliphatic rings. The molecule has 1 N–H and O–H groups in total. The summed E-state index contributed by atoms with van der Waals surface area (Å²) < 4.78 is 1.92. The van der Waals surface area contributed by atoms with E-state index in [2.05, 4.69) is 28.8 Å². The third-order valence-corrected chi connectivity index (χ3v) is 3.96. The van der Waals surface area contributed by atoms with Crippen LogP contribution in [-0.2, 0) is 6.54 Å². The summed E-state index contributed by atoms with van der Waals surface area (Å²) >= 11 is 0. The van der Waals surface area contributed by atoms with Gasteiger partial charge in [0.05, 0.1) is 11.0 Å². The number of rotatable bonds is 3. The van der Waals surface area contributed by atoms with Crippen molar-refractivity contribution in [2.24, 2.45) is 5.92 Å². The van der Waals surface area contributed by atoms with Crippen molar-refractivity contribution in [3.05, 3.63) is 38.5 Å². The summed E-state index contributed by atoms with van der Waals surface area (Å²) in [6, 6.07) is 4.00. The molecule has 0 radical (unpaired) electrons. The number of anilines is 1. The van der Waals surface area contributed by atoms with Crippen LogP contribution in [0.1, 0.15) is 19.4 Å². The highest BCUT2D eigenvalue weighted by Gasteiger charge is 2.20. The molecule has 126 valence electrons. The minimum absolute atomic E-state index is 0.194. The highest BCUT2D eigenvalue weighted by atomic mass is 16.2. The average Bonchev–Trinajstić information content (AvgIpc) is 2.46. The van der Waals surface area contributed by atoms with Gasteiger partial charge in [-0.1, -0.05) is 13.8 Å². The summed E-state index contributed by atoms with van der Waals surface area (Å²) in [6.07, 6.45) is 0. The second-order valence-electron chi connectivity index (χ2n) is 6.68. The number of hydrogen-bond donors (Lipinski definition) is 1. The summed E-state index contributed by atoms with van der Waals surface area (Å²) in [4.78, 5) is 36.6. The largest absolute Gasteiger partial charge is 0.377 e. The molecule has 0 saturated heterocycles. The van der Waals surface area contributed by atoms with Crippen LogP contribution in [0.4, 0.5) is 5.69 Å². The Morgan fingerprint density at radius 3 is 2.54 bits per heavy atom. The maximum atomic E-state index is 12.2. The smallest absolute Gasteiger partial charge is 0.349 e. The third kappa shape index (κ3) is 2.66. The van der Waals surface area contributed by atoms with Gasteiger partial charge in [0.2, 0.25) is 0 Å². The fourth-order valence-electron chi connectivity index (χ4n) is 2.97. The lowest BCUT2D eigenvalue weighted by atomic mass is 10.1. The predicted molar refractivity (Wildman–Crippen MR) is 94.9 cm³/mol. The monoisotopic (exact) mass is 327 g/mol. The van der Waals surface area contributed by atoms with E-state index in [1.54, 1.807) is 0 Å². The van der Waals surface area contributed by atoms with Gasteiger partial charge in [0.15, 0.2) is 11.5 Å². The van der Waals surface area contributed by atoms with Crippen LogP contribution in [0.15, 0.2) is 21.7 Å². The van der Waals surface area contributed by atoms with Crippen LogP contribution in [0.25, 0.3) is 22.6 Å². The van der Waals surface area contributed by atoms with Crippen molar-refractivity contribution in [1.82, 2.24) is 19.5 Å². The quantitative estimate of drug-likeness (QED) is 0.739. The van der Waals surface area contributed by atoms with Crippen molar-refractivity contribution in [2.45, 2.75) is 27.3 Å². The van der Waals surface area contributed by atoms with Gasteiger partial charge < -0.3 is 9.47 Å². The Morgan fingerprint density at radius 2 is 1.92 bits per heavy atom.